The van der Waals surface area contributed by atoms with E-state index in [0.717, 1.165) is 25.3 Å². The summed E-state index contributed by atoms with van der Waals surface area (Å²) in [5.74, 6) is 0.479. The number of amides is 2. The Hall–Kier alpha value is -2.62. The molecule has 1 aliphatic heterocycles. The number of carbonyl (C=O) groups excluding carboxylic acids is 2. The molecule has 2 aromatic rings. The normalized spacial score (nSPS) is 16.8. The first kappa shape index (κ1) is 17.8. The standard InChI is InChI=1S/C23H26N2O2/c26-22-20-12-3-4-13-21(20)23(27)25(22)14-6-10-17-9-5-11-19(15-17)24-16-18-7-1-2-8-18/h3-5,9,11-13,15,18,24H,1-2,6-8,10,14,16H2. The molecule has 1 saturated carbocycles. The first-order valence-electron chi connectivity index (χ1n) is 10.0. The first-order valence-corrected chi connectivity index (χ1v) is 10.0. The molecule has 1 fully saturated rings. The van der Waals surface area contributed by atoms with Crippen LogP contribution in [0, 0.1) is 5.92 Å². The van der Waals surface area contributed by atoms with Gasteiger partial charge in [0.25, 0.3) is 11.8 Å². The van der Waals surface area contributed by atoms with Gasteiger partial charge in [0.1, 0.15) is 0 Å². The molecule has 27 heavy (non-hydrogen) atoms. The van der Waals surface area contributed by atoms with Crippen LogP contribution in [0.3, 0.4) is 0 Å². The van der Waals surface area contributed by atoms with Crippen LogP contribution in [0.25, 0.3) is 0 Å². The Morgan fingerprint density at radius 3 is 2.33 bits per heavy atom. The molecule has 0 aromatic heterocycles. The molecule has 2 aromatic carbocycles. The summed E-state index contributed by atoms with van der Waals surface area (Å²) in [6.07, 6.45) is 7.04. The van der Waals surface area contributed by atoms with Crippen molar-refractivity contribution in [2.75, 3.05) is 18.4 Å². The molecule has 1 N–H and O–H groups in total. The molecule has 2 aliphatic rings. The van der Waals surface area contributed by atoms with Gasteiger partial charge in [-0.05, 0) is 61.4 Å². The van der Waals surface area contributed by atoms with Gasteiger partial charge in [-0.3, -0.25) is 14.5 Å². The molecule has 0 atom stereocenters. The van der Waals surface area contributed by atoms with Crippen molar-refractivity contribution in [3.8, 4) is 0 Å². The lowest BCUT2D eigenvalue weighted by molar-refractivity contribution is 0.0652. The van der Waals surface area contributed by atoms with Crippen LogP contribution in [0.1, 0.15) is 58.4 Å². The van der Waals surface area contributed by atoms with Crippen molar-refractivity contribution in [3.63, 3.8) is 0 Å². The maximum Gasteiger partial charge on any atom is 0.261 e. The highest BCUT2D eigenvalue weighted by Crippen LogP contribution is 2.25. The van der Waals surface area contributed by atoms with Gasteiger partial charge < -0.3 is 5.32 Å². The fourth-order valence-corrected chi connectivity index (χ4v) is 4.20. The molecule has 1 heterocycles. The Morgan fingerprint density at radius 1 is 0.926 bits per heavy atom. The van der Waals surface area contributed by atoms with Crippen LogP contribution < -0.4 is 5.32 Å². The molecule has 0 saturated heterocycles. The molecule has 0 radical (unpaired) electrons. The van der Waals surface area contributed by atoms with Crippen LogP contribution in [0.2, 0.25) is 0 Å². The lowest BCUT2D eigenvalue weighted by Crippen LogP contribution is -2.30. The number of anilines is 1. The Balaban J connectivity index is 1.30. The van der Waals surface area contributed by atoms with E-state index in [4.69, 9.17) is 0 Å². The molecule has 0 spiro atoms. The van der Waals surface area contributed by atoms with Crippen molar-refractivity contribution in [1.29, 1.82) is 0 Å². The van der Waals surface area contributed by atoms with Crippen LogP contribution >= 0.6 is 0 Å². The van der Waals surface area contributed by atoms with E-state index >= 15 is 0 Å². The lowest BCUT2D eigenvalue weighted by atomic mass is 10.1. The number of carbonyl (C=O) groups is 2. The van der Waals surface area contributed by atoms with Crippen LogP contribution in [-0.4, -0.2) is 29.8 Å². The Morgan fingerprint density at radius 2 is 1.63 bits per heavy atom. The second-order valence-electron chi connectivity index (χ2n) is 7.64. The molecular formula is C23H26N2O2. The highest BCUT2D eigenvalue weighted by Gasteiger charge is 2.34. The fraction of sp³-hybridized carbons (Fsp3) is 0.391. The highest BCUT2D eigenvalue weighted by molar-refractivity contribution is 6.21. The van der Waals surface area contributed by atoms with Crippen molar-refractivity contribution >= 4 is 17.5 Å². The summed E-state index contributed by atoms with van der Waals surface area (Å²) in [6.45, 7) is 1.52. The van der Waals surface area contributed by atoms with Gasteiger partial charge in [0.15, 0.2) is 0 Å². The number of nitrogens with zero attached hydrogens (tertiary/aromatic N) is 1. The fourth-order valence-electron chi connectivity index (χ4n) is 4.20. The van der Waals surface area contributed by atoms with E-state index in [0.29, 0.717) is 17.7 Å². The third-order valence-electron chi connectivity index (χ3n) is 5.72. The Bertz CT molecular complexity index is 805. The summed E-state index contributed by atoms with van der Waals surface area (Å²) in [5.41, 5.74) is 3.46. The molecule has 140 valence electrons. The van der Waals surface area contributed by atoms with E-state index in [-0.39, 0.29) is 11.8 Å². The third kappa shape index (κ3) is 3.90. The van der Waals surface area contributed by atoms with Crippen molar-refractivity contribution in [2.24, 2.45) is 5.92 Å². The quantitative estimate of drug-likeness (QED) is 0.737. The van der Waals surface area contributed by atoms with E-state index < -0.39 is 0 Å². The number of nitrogens with one attached hydrogen (secondary N) is 1. The minimum Gasteiger partial charge on any atom is -0.385 e. The Kier molecular flexibility index (Phi) is 5.23. The van der Waals surface area contributed by atoms with E-state index in [1.807, 2.05) is 0 Å². The summed E-state index contributed by atoms with van der Waals surface area (Å²) in [5, 5.41) is 3.57. The van der Waals surface area contributed by atoms with Gasteiger partial charge in [-0.15, -0.1) is 0 Å². The van der Waals surface area contributed by atoms with Gasteiger partial charge in [0, 0.05) is 18.8 Å². The largest absolute Gasteiger partial charge is 0.385 e. The summed E-state index contributed by atoms with van der Waals surface area (Å²) in [4.78, 5) is 26.2. The number of imide groups is 1. The van der Waals surface area contributed by atoms with Crippen molar-refractivity contribution in [2.45, 2.75) is 38.5 Å². The second kappa shape index (κ2) is 7.95. The first-order chi connectivity index (χ1) is 13.2. The number of rotatable bonds is 7. The SMILES string of the molecule is O=C1c2ccccc2C(=O)N1CCCc1cccc(NCC2CCCC2)c1. The van der Waals surface area contributed by atoms with Crippen molar-refractivity contribution in [3.05, 3.63) is 65.2 Å². The second-order valence-corrected chi connectivity index (χ2v) is 7.64. The van der Waals surface area contributed by atoms with Crippen molar-refractivity contribution < 1.29 is 9.59 Å². The molecule has 2 amide bonds. The molecule has 4 heteroatoms. The molecule has 4 rings (SSSR count). The predicted octanol–water partition coefficient (Wildman–Crippen LogP) is 4.52. The summed E-state index contributed by atoms with van der Waals surface area (Å²) in [6, 6.07) is 15.6. The molecule has 0 unspecified atom stereocenters. The predicted molar refractivity (Wildman–Crippen MR) is 107 cm³/mol. The van der Waals surface area contributed by atoms with E-state index in [1.54, 1.807) is 24.3 Å². The average molecular weight is 362 g/mol. The Labute approximate surface area is 160 Å². The summed E-state index contributed by atoms with van der Waals surface area (Å²) in [7, 11) is 0. The zero-order valence-corrected chi connectivity index (χ0v) is 15.6. The lowest BCUT2D eigenvalue weighted by Gasteiger charge is -2.15. The van der Waals surface area contributed by atoms with Crippen LogP contribution in [0.4, 0.5) is 5.69 Å². The highest BCUT2D eigenvalue weighted by atomic mass is 16.2. The van der Waals surface area contributed by atoms with Gasteiger partial charge in [-0.2, -0.15) is 0 Å². The number of benzene rings is 2. The summed E-state index contributed by atoms with van der Waals surface area (Å²) >= 11 is 0. The van der Waals surface area contributed by atoms with E-state index in [9.17, 15) is 9.59 Å². The molecule has 0 bridgehead atoms. The summed E-state index contributed by atoms with van der Waals surface area (Å²) < 4.78 is 0. The van der Waals surface area contributed by atoms with E-state index in [1.165, 1.54) is 41.8 Å². The minimum atomic E-state index is -0.164. The zero-order valence-electron chi connectivity index (χ0n) is 15.6. The van der Waals surface area contributed by atoms with Crippen LogP contribution in [0.15, 0.2) is 48.5 Å². The zero-order chi connectivity index (χ0) is 18.6. The van der Waals surface area contributed by atoms with Gasteiger partial charge in [0.2, 0.25) is 0 Å². The van der Waals surface area contributed by atoms with Gasteiger partial charge in [-0.1, -0.05) is 37.1 Å². The number of hydrogen-bond donors (Lipinski definition) is 1. The van der Waals surface area contributed by atoms with Gasteiger partial charge in [0.05, 0.1) is 11.1 Å². The van der Waals surface area contributed by atoms with Crippen LogP contribution in [-0.2, 0) is 6.42 Å². The molecule has 4 nitrogen and oxygen atoms in total. The molecular weight excluding hydrogens is 336 g/mol. The third-order valence-corrected chi connectivity index (χ3v) is 5.72. The topological polar surface area (TPSA) is 49.4 Å². The molecule has 1 aliphatic carbocycles. The smallest absolute Gasteiger partial charge is 0.261 e. The van der Waals surface area contributed by atoms with Crippen molar-refractivity contribution in [1.82, 2.24) is 4.90 Å². The van der Waals surface area contributed by atoms with Crippen LogP contribution in [0.5, 0.6) is 0 Å². The monoisotopic (exact) mass is 362 g/mol. The number of fused-ring (bicyclic) bond motifs is 1. The van der Waals surface area contributed by atoms with E-state index in [2.05, 4.69) is 29.6 Å². The van der Waals surface area contributed by atoms with Gasteiger partial charge in [-0.25, -0.2) is 0 Å². The number of hydrogen-bond acceptors (Lipinski definition) is 3. The maximum absolute atomic E-state index is 12.4. The number of aryl methyl sites for hydroxylation is 1. The minimum absolute atomic E-state index is 0.164. The maximum atomic E-state index is 12.4. The average Bonchev–Trinajstić information content (AvgIpc) is 3.30. The van der Waals surface area contributed by atoms with Gasteiger partial charge >= 0.3 is 0 Å².